The molecule has 0 saturated heterocycles. The molecule has 2 rings (SSSR count). The zero-order valence-electron chi connectivity index (χ0n) is 36.7. The summed E-state index contributed by atoms with van der Waals surface area (Å²) in [7, 11) is 0. The summed E-state index contributed by atoms with van der Waals surface area (Å²) in [6.07, 6.45) is 37.8. The zero-order valence-corrected chi connectivity index (χ0v) is 36.7. The molecule has 0 bridgehead atoms. The molecule has 2 N–H and O–H groups in total. The van der Waals surface area contributed by atoms with Crippen molar-refractivity contribution in [1.29, 1.82) is 0 Å². The van der Waals surface area contributed by atoms with E-state index in [1.165, 1.54) is 165 Å². The average molecular weight is 733 g/mol. The van der Waals surface area contributed by atoms with Crippen LogP contribution < -0.4 is 0 Å². The SMILES string of the molecule is CCCCCCCCCCCCCCCc1ccc(C(C)(C)C)c(O)c1Cc1c(CCCCCCCCCCCCCCC)ccc(C(C)(C)C)c1O. The molecule has 304 valence electrons. The number of unbranched alkanes of at least 4 members (excludes halogenated alkanes) is 24. The van der Waals surface area contributed by atoms with E-state index < -0.39 is 0 Å². The summed E-state index contributed by atoms with van der Waals surface area (Å²) in [5.74, 6) is 0.884. The van der Waals surface area contributed by atoms with E-state index in [1.54, 1.807) is 0 Å². The third kappa shape index (κ3) is 19.0. The van der Waals surface area contributed by atoms with Crippen LogP contribution in [0.1, 0.15) is 256 Å². The molecule has 0 aliphatic carbocycles. The van der Waals surface area contributed by atoms with Gasteiger partial charge in [0.1, 0.15) is 11.5 Å². The van der Waals surface area contributed by atoms with Crippen molar-refractivity contribution in [2.75, 3.05) is 0 Å². The van der Waals surface area contributed by atoms with Crippen molar-refractivity contribution in [1.82, 2.24) is 0 Å². The van der Waals surface area contributed by atoms with E-state index in [0.29, 0.717) is 17.9 Å². The summed E-state index contributed by atoms with van der Waals surface area (Å²) in [6, 6.07) is 8.90. The van der Waals surface area contributed by atoms with Gasteiger partial charge in [-0.3, -0.25) is 0 Å². The molecule has 0 saturated carbocycles. The second-order valence-corrected chi connectivity index (χ2v) is 18.9. The van der Waals surface area contributed by atoms with Gasteiger partial charge in [0, 0.05) is 17.5 Å². The van der Waals surface area contributed by atoms with Crippen molar-refractivity contribution < 1.29 is 10.2 Å². The van der Waals surface area contributed by atoms with Gasteiger partial charge in [-0.25, -0.2) is 0 Å². The molecule has 0 fully saturated rings. The van der Waals surface area contributed by atoms with Crippen LogP contribution in [-0.2, 0) is 30.1 Å². The molecular formula is C51H88O2. The van der Waals surface area contributed by atoms with Gasteiger partial charge >= 0.3 is 0 Å². The summed E-state index contributed by atoms with van der Waals surface area (Å²) < 4.78 is 0. The monoisotopic (exact) mass is 733 g/mol. The highest BCUT2D eigenvalue weighted by atomic mass is 16.3. The Kier molecular flexibility index (Phi) is 23.8. The van der Waals surface area contributed by atoms with Crippen molar-refractivity contribution in [3.8, 4) is 11.5 Å². The molecule has 0 aliphatic heterocycles. The van der Waals surface area contributed by atoms with E-state index >= 15 is 0 Å². The largest absolute Gasteiger partial charge is 0.507 e. The zero-order chi connectivity index (χ0) is 39.0. The van der Waals surface area contributed by atoms with Crippen molar-refractivity contribution in [2.24, 2.45) is 0 Å². The van der Waals surface area contributed by atoms with Crippen LogP contribution in [-0.4, -0.2) is 10.2 Å². The number of benzene rings is 2. The van der Waals surface area contributed by atoms with Gasteiger partial charge in [0.2, 0.25) is 0 Å². The van der Waals surface area contributed by atoms with Crippen molar-refractivity contribution in [2.45, 2.75) is 252 Å². The number of aryl methyl sites for hydroxylation is 2. The third-order valence-electron chi connectivity index (χ3n) is 11.8. The first kappa shape index (κ1) is 47.2. The van der Waals surface area contributed by atoms with E-state index in [-0.39, 0.29) is 10.8 Å². The van der Waals surface area contributed by atoms with E-state index in [1.807, 2.05) is 0 Å². The van der Waals surface area contributed by atoms with Crippen LogP contribution in [0.4, 0.5) is 0 Å². The van der Waals surface area contributed by atoms with Crippen LogP contribution in [0.15, 0.2) is 24.3 Å². The van der Waals surface area contributed by atoms with Gasteiger partial charge < -0.3 is 10.2 Å². The number of phenols is 2. The van der Waals surface area contributed by atoms with Crippen LogP contribution in [0, 0.1) is 0 Å². The van der Waals surface area contributed by atoms with Crippen LogP contribution in [0.2, 0.25) is 0 Å². The highest BCUT2D eigenvalue weighted by Crippen LogP contribution is 2.41. The molecule has 0 atom stereocenters. The van der Waals surface area contributed by atoms with E-state index in [9.17, 15) is 10.2 Å². The van der Waals surface area contributed by atoms with Crippen LogP contribution in [0.5, 0.6) is 11.5 Å². The first-order chi connectivity index (χ1) is 25.4. The molecular weight excluding hydrogens is 645 g/mol. The Morgan fingerprint density at radius 1 is 0.358 bits per heavy atom. The van der Waals surface area contributed by atoms with Crippen molar-refractivity contribution in [3.63, 3.8) is 0 Å². The van der Waals surface area contributed by atoms with E-state index in [0.717, 1.165) is 47.9 Å². The lowest BCUT2D eigenvalue weighted by atomic mass is 9.80. The van der Waals surface area contributed by atoms with Gasteiger partial charge in [-0.2, -0.15) is 0 Å². The Bertz CT molecular complexity index is 1130. The lowest BCUT2D eigenvalue weighted by Gasteiger charge is -2.26. The summed E-state index contributed by atoms with van der Waals surface area (Å²) in [5, 5.41) is 23.8. The van der Waals surface area contributed by atoms with Gasteiger partial charge in [-0.05, 0) is 58.8 Å². The van der Waals surface area contributed by atoms with Crippen LogP contribution in [0.25, 0.3) is 0 Å². The number of hydrogen-bond acceptors (Lipinski definition) is 2. The van der Waals surface area contributed by atoms with Gasteiger partial charge in [0.25, 0.3) is 0 Å². The molecule has 2 nitrogen and oxygen atoms in total. The van der Waals surface area contributed by atoms with Crippen molar-refractivity contribution in [3.05, 3.63) is 57.6 Å². The minimum Gasteiger partial charge on any atom is -0.507 e. The molecule has 0 radical (unpaired) electrons. The normalized spacial score (nSPS) is 12.2. The molecule has 2 aromatic rings. The Balaban J connectivity index is 2.03. The minimum absolute atomic E-state index is 0.153. The lowest BCUT2D eigenvalue weighted by Crippen LogP contribution is -2.15. The van der Waals surface area contributed by atoms with Crippen LogP contribution in [0.3, 0.4) is 0 Å². The van der Waals surface area contributed by atoms with Crippen molar-refractivity contribution >= 4 is 0 Å². The second-order valence-electron chi connectivity index (χ2n) is 18.9. The molecule has 0 amide bonds. The Labute approximate surface area is 330 Å². The fraction of sp³-hybridized carbons (Fsp3) is 0.765. The number of phenolic OH excluding ortho intramolecular Hbond substituents is 2. The maximum absolute atomic E-state index is 11.9. The molecule has 0 spiro atoms. The smallest absolute Gasteiger partial charge is 0.123 e. The maximum atomic E-state index is 11.9. The molecule has 0 aliphatic rings. The van der Waals surface area contributed by atoms with E-state index in [4.69, 9.17) is 0 Å². The molecule has 2 aromatic carbocycles. The maximum Gasteiger partial charge on any atom is 0.123 e. The summed E-state index contributed by atoms with van der Waals surface area (Å²) in [6.45, 7) is 17.7. The summed E-state index contributed by atoms with van der Waals surface area (Å²) in [4.78, 5) is 0. The predicted molar refractivity (Wildman–Crippen MR) is 235 cm³/mol. The number of hydrogen-bond donors (Lipinski definition) is 2. The first-order valence-corrected chi connectivity index (χ1v) is 23.1. The molecule has 0 aromatic heterocycles. The molecule has 53 heavy (non-hydrogen) atoms. The highest BCUT2D eigenvalue weighted by molar-refractivity contribution is 5.55. The number of aromatic hydroxyl groups is 2. The fourth-order valence-corrected chi connectivity index (χ4v) is 8.27. The lowest BCUT2D eigenvalue weighted by molar-refractivity contribution is 0.433. The average Bonchev–Trinajstić information content (AvgIpc) is 3.10. The topological polar surface area (TPSA) is 40.5 Å². The van der Waals surface area contributed by atoms with Gasteiger partial charge in [0.15, 0.2) is 0 Å². The number of rotatable bonds is 30. The summed E-state index contributed by atoms with van der Waals surface area (Å²) in [5.41, 5.74) is 6.28. The quantitative estimate of drug-likeness (QED) is 0.0785. The summed E-state index contributed by atoms with van der Waals surface area (Å²) >= 11 is 0. The molecule has 0 heterocycles. The molecule has 0 unspecified atom stereocenters. The fourth-order valence-electron chi connectivity index (χ4n) is 8.27. The Morgan fingerprint density at radius 2 is 0.604 bits per heavy atom. The van der Waals surface area contributed by atoms with Gasteiger partial charge in [-0.1, -0.05) is 234 Å². The second kappa shape index (κ2) is 26.8. The van der Waals surface area contributed by atoms with Gasteiger partial charge in [0.05, 0.1) is 0 Å². The third-order valence-corrected chi connectivity index (χ3v) is 11.8. The minimum atomic E-state index is -0.153. The first-order valence-electron chi connectivity index (χ1n) is 23.1. The standard InChI is InChI=1S/C51H88O2/c1-9-11-13-15-17-19-21-23-25-27-29-31-33-35-42-37-39-46(50(3,4)5)48(52)44(42)41-45-43(38-40-47(49(45)53)51(6,7)8)36-34-32-30-28-26-24-22-20-18-16-14-12-10-2/h37-40,52-53H,9-36,41H2,1-8H3. The van der Waals surface area contributed by atoms with Crippen LogP contribution >= 0.6 is 0 Å². The molecule has 2 heteroatoms. The van der Waals surface area contributed by atoms with E-state index in [2.05, 4.69) is 79.7 Å². The Hall–Kier alpha value is -1.96. The van der Waals surface area contributed by atoms with Gasteiger partial charge in [-0.15, -0.1) is 0 Å². The predicted octanol–water partition coefficient (Wildman–Crippen LogP) is 16.6. The Morgan fingerprint density at radius 3 is 0.849 bits per heavy atom. The highest BCUT2D eigenvalue weighted by Gasteiger charge is 2.26.